The van der Waals surface area contributed by atoms with Crippen LogP contribution < -0.4 is 4.90 Å². The lowest BCUT2D eigenvalue weighted by molar-refractivity contribution is -0.384. The van der Waals surface area contributed by atoms with Crippen molar-refractivity contribution in [2.45, 2.75) is 6.42 Å². The third-order valence-corrected chi connectivity index (χ3v) is 5.05. The number of carbonyl (C=O) groups excluding carboxylic acids is 1. The molecule has 0 amide bonds. The second-order valence-electron chi connectivity index (χ2n) is 7.28. The Bertz CT molecular complexity index is 1070. The number of carbonyl (C=O) groups is 1. The van der Waals surface area contributed by atoms with Crippen molar-refractivity contribution in [1.29, 1.82) is 0 Å². The fourth-order valence-corrected chi connectivity index (χ4v) is 3.44. The summed E-state index contributed by atoms with van der Waals surface area (Å²) < 4.78 is 0. The number of rotatable bonds is 9. The number of ketones is 1. The van der Waals surface area contributed by atoms with Crippen molar-refractivity contribution in [3.8, 4) is 0 Å². The first-order valence-corrected chi connectivity index (χ1v) is 10.2. The lowest BCUT2D eigenvalue weighted by Crippen LogP contribution is -2.25. The van der Waals surface area contributed by atoms with Crippen molar-refractivity contribution in [3.63, 3.8) is 0 Å². The molecule has 0 spiro atoms. The van der Waals surface area contributed by atoms with Gasteiger partial charge in [-0.3, -0.25) is 19.9 Å². The summed E-state index contributed by atoms with van der Waals surface area (Å²) in [5.41, 5.74) is 1.83. The van der Waals surface area contributed by atoms with Gasteiger partial charge in [-0.1, -0.05) is 23.7 Å². The lowest BCUT2D eigenvalue weighted by atomic mass is 10.0. The average molecular weight is 439 g/mol. The van der Waals surface area contributed by atoms with Crippen LogP contribution >= 0.6 is 11.6 Å². The van der Waals surface area contributed by atoms with Crippen molar-refractivity contribution in [1.82, 2.24) is 9.88 Å². The van der Waals surface area contributed by atoms with E-state index in [0.717, 1.165) is 13.0 Å². The highest BCUT2D eigenvalue weighted by Gasteiger charge is 2.24. The molecule has 160 valence electrons. The van der Waals surface area contributed by atoms with Crippen LogP contribution in [0.15, 0.2) is 67.0 Å². The van der Waals surface area contributed by atoms with E-state index < -0.39 is 4.92 Å². The molecule has 0 fully saturated rings. The first-order valence-electron chi connectivity index (χ1n) is 9.78. The number of hydrogen-bond acceptors (Lipinski definition) is 6. The summed E-state index contributed by atoms with van der Waals surface area (Å²) in [5.74, 6) is -0.184. The van der Waals surface area contributed by atoms with Gasteiger partial charge in [-0.2, -0.15) is 0 Å². The molecular weight excluding hydrogens is 416 g/mol. The van der Waals surface area contributed by atoms with E-state index in [1.807, 2.05) is 25.1 Å². The van der Waals surface area contributed by atoms with Gasteiger partial charge in [-0.25, -0.2) is 0 Å². The molecule has 1 heterocycles. The molecule has 2 aromatic carbocycles. The quantitative estimate of drug-likeness (QED) is 0.267. The minimum absolute atomic E-state index is 0.0615. The van der Waals surface area contributed by atoms with Gasteiger partial charge in [0.2, 0.25) is 0 Å². The molecule has 0 radical (unpaired) electrons. The Kier molecular flexibility index (Phi) is 7.33. The van der Waals surface area contributed by atoms with Gasteiger partial charge in [-0.05, 0) is 63.5 Å². The van der Waals surface area contributed by atoms with Crippen LogP contribution in [0.25, 0.3) is 0 Å². The molecule has 31 heavy (non-hydrogen) atoms. The van der Waals surface area contributed by atoms with E-state index >= 15 is 0 Å². The largest absolute Gasteiger partial charge is 0.334 e. The molecule has 7 nitrogen and oxygen atoms in total. The zero-order valence-corrected chi connectivity index (χ0v) is 18.1. The van der Waals surface area contributed by atoms with E-state index in [1.54, 1.807) is 47.4 Å². The molecule has 1 aromatic heterocycles. The SMILES string of the molecule is CN(C)CCCN(c1ccccc1C(=O)c1ccc(Cl)cc1)c1cnccc1[N+](=O)[O-]. The van der Waals surface area contributed by atoms with Crippen LogP contribution in [0.3, 0.4) is 0 Å². The Balaban J connectivity index is 2.09. The second-order valence-corrected chi connectivity index (χ2v) is 7.72. The van der Waals surface area contributed by atoms with E-state index in [1.165, 1.54) is 18.5 Å². The molecule has 3 aromatic rings. The summed E-state index contributed by atoms with van der Waals surface area (Å²) in [7, 11) is 3.93. The minimum Gasteiger partial charge on any atom is -0.334 e. The molecule has 0 saturated heterocycles. The summed E-state index contributed by atoms with van der Waals surface area (Å²) in [4.78, 5) is 32.5. The fraction of sp³-hybridized carbons (Fsp3) is 0.217. The highest BCUT2D eigenvalue weighted by atomic mass is 35.5. The summed E-state index contributed by atoms with van der Waals surface area (Å²) in [6.07, 6.45) is 3.60. The van der Waals surface area contributed by atoms with E-state index in [4.69, 9.17) is 11.6 Å². The van der Waals surface area contributed by atoms with Gasteiger partial charge >= 0.3 is 0 Å². The highest BCUT2D eigenvalue weighted by Crippen LogP contribution is 2.35. The van der Waals surface area contributed by atoms with Gasteiger partial charge in [0.25, 0.3) is 5.69 Å². The van der Waals surface area contributed by atoms with Crippen molar-refractivity contribution >= 4 is 34.4 Å². The molecular formula is C23H23ClN4O3. The number of para-hydroxylation sites is 1. The number of nitrogens with zero attached hydrogens (tertiary/aromatic N) is 4. The molecule has 3 rings (SSSR count). The van der Waals surface area contributed by atoms with Gasteiger partial charge < -0.3 is 9.80 Å². The van der Waals surface area contributed by atoms with Crippen LogP contribution in [0.2, 0.25) is 5.02 Å². The van der Waals surface area contributed by atoms with Crippen LogP contribution in [0.5, 0.6) is 0 Å². The van der Waals surface area contributed by atoms with Crippen LogP contribution in [-0.4, -0.2) is 47.8 Å². The Morgan fingerprint density at radius 3 is 2.42 bits per heavy atom. The zero-order chi connectivity index (χ0) is 22.4. The predicted molar refractivity (Wildman–Crippen MR) is 122 cm³/mol. The maximum Gasteiger partial charge on any atom is 0.296 e. The molecule has 0 aliphatic rings. The third-order valence-electron chi connectivity index (χ3n) is 4.80. The second kappa shape index (κ2) is 10.1. The smallest absolute Gasteiger partial charge is 0.296 e. The van der Waals surface area contributed by atoms with Crippen LogP contribution in [0.4, 0.5) is 17.1 Å². The Morgan fingerprint density at radius 1 is 1.03 bits per heavy atom. The molecule has 0 saturated carbocycles. The number of pyridine rings is 1. The van der Waals surface area contributed by atoms with E-state index in [0.29, 0.717) is 34.1 Å². The van der Waals surface area contributed by atoms with Crippen molar-refractivity contribution in [2.75, 3.05) is 32.1 Å². The summed E-state index contributed by atoms with van der Waals surface area (Å²) in [5, 5.41) is 12.2. The average Bonchev–Trinajstić information content (AvgIpc) is 2.77. The molecule has 0 aliphatic carbocycles. The number of benzene rings is 2. The van der Waals surface area contributed by atoms with Crippen LogP contribution in [0, 0.1) is 10.1 Å². The van der Waals surface area contributed by atoms with Gasteiger partial charge in [-0.15, -0.1) is 0 Å². The summed E-state index contributed by atoms with van der Waals surface area (Å²) in [6, 6.07) is 15.2. The predicted octanol–water partition coefficient (Wildman–Crippen LogP) is 4.96. The number of hydrogen-bond donors (Lipinski definition) is 0. The molecule has 8 heteroatoms. The summed E-state index contributed by atoms with van der Waals surface area (Å²) in [6.45, 7) is 1.27. The topological polar surface area (TPSA) is 79.6 Å². The van der Waals surface area contributed by atoms with Gasteiger partial charge in [0.15, 0.2) is 5.78 Å². The number of aromatic nitrogens is 1. The van der Waals surface area contributed by atoms with E-state index in [2.05, 4.69) is 4.98 Å². The third kappa shape index (κ3) is 5.45. The lowest BCUT2D eigenvalue weighted by Gasteiger charge is -2.27. The Hall–Kier alpha value is -3.29. The van der Waals surface area contributed by atoms with Gasteiger partial charge in [0, 0.05) is 35.0 Å². The van der Waals surface area contributed by atoms with Crippen molar-refractivity contribution in [2.24, 2.45) is 0 Å². The molecule has 0 N–H and O–H groups in total. The number of halogens is 1. The van der Waals surface area contributed by atoms with Gasteiger partial charge in [0.05, 0.1) is 16.8 Å². The molecule has 0 bridgehead atoms. The molecule has 0 atom stereocenters. The minimum atomic E-state index is -0.431. The standard InChI is InChI=1S/C23H23ClN4O3/c1-26(2)14-5-15-27(22-16-25-13-12-21(22)28(30)31)20-7-4-3-6-19(20)23(29)17-8-10-18(24)11-9-17/h3-4,6-13,16H,5,14-15H2,1-2H3. The highest BCUT2D eigenvalue weighted by molar-refractivity contribution is 6.30. The molecule has 0 aliphatic heterocycles. The van der Waals surface area contributed by atoms with Gasteiger partial charge in [0.1, 0.15) is 5.69 Å². The maximum absolute atomic E-state index is 13.3. The monoisotopic (exact) mass is 438 g/mol. The Labute approximate surface area is 186 Å². The van der Waals surface area contributed by atoms with Crippen LogP contribution in [-0.2, 0) is 0 Å². The normalized spacial score (nSPS) is 10.8. The first kappa shape index (κ1) is 22.4. The first-order chi connectivity index (χ1) is 14.9. The van der Waals surface area contributed by atoms with E-state index in [9.17, 15) is 14.9 Å². The number of anilines is 2. The van der Waals surface area contributed by atoms with E-state index in [-0.39, 0.29) is 11.5 Å². The van der Waals surface area contributed by atoms with Crippen LogP contribution in [0.1, 0.15) is 22.3 Å². The van der Waals surface area contributed by atoms with Crippen molar-refractivity contribution < 1.29 is 9.72 Å². The molecule has 0 unspecified atom stereocenters. The zero-order valence-electron chi connectivity index (χ0n) is 17.4. The fourth-order valence-electron chi connectivity index (χ4n) is 3.31. The van der Waals surface area contributed by atoms with Crippen molar-refractivity contribution in [3.05, 3.63) is 93.3 Å². The maximum atomic E-state index is 13.3. The Morgan fingerprint density at radius 2 is 1.74 bits per heavy atom. The number of nitro groups is 1. The summed E-state index contributed by atoms with van der Waals surface area (Å²) >= 11 is 5.96.